The largest absolute Gasteiger partial charge is 0.480 e. The van der Waals surface area contributed by atoms with E-state index in [2.05, 4.69) is 19.2 Å². The van der Waals surface area contributed by atoms with Crippen LogP contribution in [0.4, 0.5) is 0 Å². The van der Waals surface area contributed by atoms with Gasteiger partial charge in [0, 0.05) is 19.4 Å². The molecule has 1 unspecified atom stereocenters. The Balaban J connectivity index is 0.000000621. The molecule has 8 nitrogen and oxygen atoms in total. The number of hydrogen-bond acceptors (Lipinski definition) is 5. The summed E-state index contributed by atoms with van der Waals surface area (Å²) in [4.78, 5) is 46.6. The lowest BCUT2D eigenvalue weighted by molar-refractivity contribution is -0.148. The minimum atomic E-state index is -0.944. The molecule has 0 aromatic carbocycles. The van der Waals surface area contributed by atoms with Gasteiger partial charge >= 0.3 is 11.9 Å². The molecular weight excluding hydrogens is 444 g/mol. The Hall–Kier alpha value is -1.77. The van der Waals surface area contributed by atoms with Crippen LogP contribution in [0.1, 0.15) is 97.3 Å². The van der Waals surface area contributed by atoms with Gasteiger partial charge in [-0.05, 0) is 44.1 Å². The van der Waals surface area contributed by atoms with Crippen molar-refractivity contribution in [2.75, 3.05) is 18.6 Å². The number of unbranched alkanes of at least 4 members (excludes halogenated alkanes) is 6. The maximum absolute atomic E-state index is 11.8. The van der Waals surface area contributed by atoms with Gasteiger partial charge in [-0.25, -0.2) is 9.59 Å². The molecule has 1 fully saturated rings. The standard InChI is InChI=1S/C12H23NO3S.C12H21NO3/c1-3-4-5-6-7-11(14)13-10(12(15)16)8-9-17-2;1-2-3-4-5-8-11(14)13-9-6-7-10(13)12(15)16/h10H,3-9H2,1-2H3,(H,13,14)(H,15,16);10H,2-9H2,1H3,(H,15,16)/t;10-/m.0/s1. The highest BCUT2D eigenvalue weighted by atomic mass is 32.2. The summed E-state index contributed by atoms with van der Waals surface area (Å²) in [6.07, 6.45) is 13.1. The number of nitrogens with zero attached hydrogens (tertiary/aromatic N) is 1. The van der Waals surface area contributed by atoms with Gasteiger partial charge in [-0.3, -0.25) is 9.59 Å². The molecule has 33 heavy (non-hydrogen) atoms. The molecule has 2 atom stereocenters. The molecule has 0 aromatic rings. The lowest BCUT2D eigenvalue weighted by Gasteiger charge is -2.21. The predicted octanol–water partition coefficient (Wildman–Crippen LogP) is 4.31. The molecule has 0 spiro atoms. The van der Waals surface area contributed by atoms with Gasteiger partial charge in [-0.1, -0.05) is 52.4 Å². The smallest absolute Gasteiger partial charge is 0.326 e. The zero-order chi connectivity index (χ0) is 25.1. The minimum Gasteiger partial charge on any atom is -0.480 e. The van der Waals surface area contributed by atoms with Crippen LogP contribution >= 0.6 is 11.8 Å². The highest BCUT2D eigenvalue weighted by Gasteiger charge is 2.33. The van der Waals surface area contributed by atoms with Crippen molar-refractivity contribution in [3.8, 4) is 0 Å². The van der Waals surface area contributed by atoms with Crippen LogP contribution in [0.15, 0.2) is 0 Å². The Kier molecular flexibility index (Phi) is 18.6. The highest BCUT2D eigenvalue weighted by Crippen LogP contribution is 2.19. The van der Waals surface area contributed by atoms with Gasteiger partial charge < -0.3 is 20.4 Å². The van der Waals surface area contributed by atoms with Gasteiger partial charge in [0.25, 0.3) is 0 Å². The highest BCUT2D eigenvalue weighted by molar-refractivity contribution is 7.98. The number of carboxylic acids is 2. The summed E-state index contributed by atoms with van der Waals surface area (Å²) in [5.74, 6) is -1.19. The van der Waals surface area contributed by atoms with Crippen molar-refractivity contribution < 1.29 is 29.4 Å². The van der Waals surface area contributed by atoms with E-state index in [1.165, 1.54) is 4.90 Å². The van der Waals surface area contributed by atoms with Gasteiger partial charge in [0.1, 0.15) is 12.1 Å². The first-order chi connectivity index (χ1) is 15.8. The Morgan fingerprint density at radius 1 is 0.970 bits per heavy atom. The number of nitrogens with one attached hydrogen (secondary N) is 1. The molecule has 1 aliphatic rings. The van der Waals surface area contributed by atoms with Gasteiger partial charge in [-0.2, -0.15) is 11.8 Å². The minimum absolute atomic E-state index is 0.0148. The Morgan fingerprint density at radius 3 is 2.09 bits per heavy atom. The first kappa shape index (κ1) is 31.2. The average Bonchev–Trinajstić information content (AvgIpc) is 3.28. The van der Waals surface area contributed by atoms with E-state index in [0.717, 1.165) is 63.5 Å². The SMILES string of the molecule is CCCCCCC(=O)N1CCC[C@H]1C(=O)O.CCCCCCC(=O)NC(CCSC)C(=O)O. The van der Waals surface area contributed by atoms with Crippen molar-refractivity contribution in [3.63, 3.8) is 0 Å². The third kappa shape index (κ3) is 14.9. The predicted molar refractivity (Wildman–Crippen MR) is 132 cm³/mol. The van der Waals surface area contributed by atoms with E-state index in [4.69, 9.17) is 10.2 Å². The van der Waals surface area contributed by atoms with Crippen LogP contribution in [0.25, 0.3) is 0 Å². The zero-order valence-corrected chi connectivity index (χ0v) is 21.5. The van der Waals surface area contributed by atoms with E-state index in [1.54, 1.807) is 11.8 Å². The topological polar surface area (TPSA) is 124 Å². The number of carbonyl (C=O) groups is 4. The number of hydrogen-bond donors (Lipinski definition) is 3. The van der Waals surface area contributed by atoms with E-state index in [1.807, 2.05) is 6.26 Å². The van der Waals surface area contributed by atoms with E-state index in [-0.39, 0.29) is 11.8 Å². The third-order valence-electron chi connectivity index (χ3n) is 5.60. The van der Waals surface area contributed by atoms with Crippen molar-refractivity contribution in [3.05, 3.63) is 0 Å². The van der Waals surface area contributed by atoms with Crippen LogP contribution in [0.2, 0.25) is 0 Å². The second-order valence-electron chi connectivity index (χ2n) is 8.44. The second kappa shape index (κ2) is 19.7. The van der Waals surface area contributed by atoms with Crippen molar-refractivity contribution in [2.45, 2.75) is 109 Å². The van der Waals surface area contributed by atoms with E-state index in [0.29, 0.717) is 32.2 Å². The molecule has 0 aliphatic carbocycles. The maximum Gasteiger partial charge on any atom is 0.326 e. The van der Waals surface area contributed by atoms with Crippen molar-refractivity contribution in [2.24, 2.45) is 0 Å². The van der Waals surface area contributed by atoms with E-state index >= 15 is 0 Å². The van der Waals surface area contributed by atoms with Crippen molar-refractivity contribution in [1.29, 1.82) is 0 Å². The molecule has 1 saturated heterocycles. The average molecular weight is 489 g/mol. The van der Waals surface area contributed by atoms with Crippen LogP contribution in [0.5, 0.6) is 0 Å². The van der Waals surface area contributed by atoms with Crippen LogP contribution in [-0.4, -0.2) is 69.5 Å². The van der Waals surface area contributed by atoms with Gasteiger partial charge in [0.15, 0.2) is 0 Å². The van der Waals surface area contributed by atoms with Crippen LogP contribution in [-0.2, 0) is 19.2 Å². The van der Waals surface area contributed by atoms with E-state index in [9.17, 15) is 19.2 Å². The number of carbonyl (C=O) groups excluding carboxylic acids is 2. The van der Waals surface area contributed by atoms with Crippen LogP contribution in [0.3, 0.4) is 0 Å². The Labute approximate surface area is 203 Å². The Bertz CT molecular complexity index is 587. The van der Waals surface area contributed by atoms with Crippen molar-refractivity contribution in [1.82, 2.24) is 10.2 Å². The van der Waals surface area contributed by atoms with Gasteiger partial charge in [-0.15, -0.1) is 0 Å². The fourth-order valence-corrected chi connectivity index (χ4v) is 4.11. The molecule has 3 N–H and O–H groups in total. The van der Waals surface area contributed by atoms with E-state index < -0.39 is 24.0 Å². The molecule has 1 aliphatic heterocycles. The van der Waals surface area contributed by atoms with Crippen LogP contribution < -0.4 is 5.32 Å². The van der Waals surface area contributed by atoms with Gasteiger partial charge in [0.2, 0.25) is 11.8 Å². The maximum atomic E-state index is 11.8. The lowest BCUT2D eigenvalue weighted by Crippen LogP contribution is -2.41. The molecule has 1 heterocycles. The molecule has 0 bridgehead atoms. The Morgan fingerprint density at radius 2 is 1.58 bits per heavy atom. The molecule has 0 aromatic heterocycles. The monoisotopic (exact) mass is 488 g/mol. The fraction of sp³-hybridized carbons (Fsp3) is 0.833. The molecule has 9 heteroatoms. The zero-order valence-electron chi connectivity index (χ0n) is 20.6. The second-order valence-corrected chi connectivity index (χ2v) is 9.43. The number of amides is 2. The lowest BCUT2D eigenvalue weighted by atomic mass is 10.1. The summed E-state index contributed by atoms with van der Waals surface area (Å²) in [6, 6.07) is -1.31. The molecule has 192 valence electrons. The number of thioether (sulfide) groups is 1. The fourth-order valence-electron chi connectivity index (χ4n) is 3.64. The summed E-state index contributed by atoms with van der Waals surface area (Å²) in [7, 11) is 0. The third-order valence-corrected chi connectivity index (χ3v) is 6.25. The summed E-state index contributed by atoms with van der Waals surface area (Å²) < 4.78 is 0. The summed E-state index contributed by atoms with van der Waals surface area (Å²) in [6.45, 7) is 4.86. The van der Waals surface area contributed by atoms with Gasteiger partial charge in [0.05, 0.1) is 0 Å². The number of aliphatic carboxylic acids is 2. The number of likely N-dealkylation sites (tertiary alicyclic amines) is 1. The van der Waals surface area contributed by atoms with Crippen LogP contribution in [0, 0.1) is 0 Å². The first-order valence-corrected chi connectivity index (χ1v) is 13.7. The molecule has 1 rings (SSSR count). The summed E-state index contributed by atoms with van der Waals surface area (Å²) >= 11 is 1.58. The molecular formula is C24H44N2O6S. The normalized spacial score (nSPS) is 16.0. The molecule has 0 saturated carbocycles. The number of carboxylic acid groups (broad SMARTS) is 2. The summed E-state index contributed by atoms with van der Waals surface area (Å²) in [5, 5.41) is 20.5. The van der Waals surface area contributed by atoms with Crippen molar-refractivity contribution >= 4 is 35.5 Å². The summed E-state index contributed by atoms with van der Waals surface area (Å²) in [5.41, 5.74) is 0. The quantitative estimate of drug-likeness (QED) is 0.277. The number of rotatable bonds is 16. The molecule has 2 amide bonds. The first-order valence-electron chi connectivity index (χ1n) is 12.3. The molecule has 0 radical (unpaired) electrons.